The smallest absolute Gasteiger partial charge is 0.462 e. The Morgan fingerprint density at radius 1 is 0.257 bits per heavy atom. The molecule has 0 amide bonds. The Morgan fingerprint density at radius 3 is 0.651 bits per heavy atom. The molecule has 648 valence electrons. The van der Waals surface area contributed by atoms with Crippen LogP contribution in [0.25, 0.3) is 0 Å². The first kappa shape index (κ1) is 107. The third-order valence-electron chi connectivity index (χ3n) is 21.4. The van der Waals surface area contributed by atoms with E-state index in [-0.39, 0.29) is 25.7 Å². The first-order valence-corrected chi connectivity index (χ1v) is 49.2. The lowest BCUT2D eigenvalue weighted by Crippen LogP contribution is -2.30. The van der Waals surface area contributed by atoms with Crippen LogP contribution < -0.4 is 0 Å². The third-order valence-corrected chi connectivity index (χ3v) is 23.3. The van der Waals surface area contributed by atoms with E-state index in [4.69, 9.17) is 37.0 Å². The Labute approximate surface area is 670 Å². The van der Waals surface area contributed by atoms with E-state index in [2.05, 4.69) is 55.4 Å². The van der Waals surface area contributed by atoms with Gasteiger partial charge in [0.25, 0.3) is 0 Å². The molecule has 0 aliphatic carbocycles. The minimum absolute atomic E-state index is 0.107. The summed E-state index contributed by atoms with van der Waals surface area (Å²) in [6, 6.07) is 0. The van der Waals surface area contributed by atoms with Crippen LogP contribution >= 0.6 is 15.6 Å². The van der Waals surface area contributed by atoms with Gasteiger partial charge >= 0.3 is 39.5 Å². The number of ether oxygens (including phenoxy) is 4. The second kappa shape index (κ2) is 78.6. The molecule has 0 saturated carbocycles. The highest BCUT2D eigenvalue weighted by Gasteiger charge is 2.31. The summed E-state index contributed by atoms with van der Waals surface area (Å²) in [6.07, 6.45) is 69.7. The van der Waals surface area contributed by atoms with Crippen molar-refractivity contribution >= 4 is 39.5 Å². The van der Waals surface area contributed by atoms with E-state index >= 15 is 0 Å². The molecule has 6 atom stereocenters. The summed E-state index contributed by atoms with van der Waals surface area (Å²) in [4.78, 5) is 73.3. The largest absolute Gasteiger partial charge is 0.472 e. The molecule has 19 heteroatoms. The first-order valence-electron chi connectivity index (χ1n) is 46.2. The maximum atomic E-state index is 13.2. The molecular weight excluding hydrogens is 1410 g/mol. The van der Waals surface area contributed by atoms with E-state index in [1.165, 1.54) is 270 Å². The van der Waals surface area contributed by atoms with Gasteiger partial charge in [-0.25, -0.2) is 9.13 Å². The maximum absolute atomic E-state index is 13.2. The number of unbranched alkanes of at least 4 members (excludes halogenated alkanes) is 52. The second-order valence-corrected chi connectivity index (χ2v) is 36.9. The van der Waals surface area contributed by atoms with Crippen molar-refractivity contribution in [3.05, 3.63) is 0 Å². The molecule has 0 rings (SSSR count). The highest BCUT2D eigenvalue weighted by molar-refractivity contribution is 7.47. The predicted octanol–water partition coefficient (Wildman–Crippen LogP) is 27.5. The van der Waals surface area contributed by atoms with Gasteiger partial charge in [-0.3, -0.25) is 37.3 Å². The normalized spacial score (nSPS) is 14.1. The van der Waals surface area contributed by atoms with Gasteiger partial charge in [0.1, 0.15) is 19.3 Å². The summed E-state index contributed by atoms with van der Waals surface area (Å²) in [5.74, 6) is 1.06. The van der Waals surface area contributed by atoms with Crippen molar-refractivity contribution in [2.24, 2.45) is 23.7 Å². The second-order valence-electron chi connectivity index (χ2n) is 34.0. The van der Waals surface area contributed by atoms with Crippen LogP contribution in [-0.2, 0) is 65.4 Å². The molecule has 0 bridgehead atoms. The summed E-state index contributed by atoms with van der Waals surface area (Å²) in [5.41, 5.74) is 0. The van der Waals surface area contributed by atoms with E-state index in [9.17, 15) is 43.2 Å². The lowest BCUT2D eigenvalue weighted by atomic mass is 9.99. The van der Waals surface area contributed by atoms with Gasteiger partial charge in [0, 0.05) is 25.7 Å². The zero-order valence-electron chi connectivity index (χ0n) is 72.2. The van der Waals surface area contributed by atoms with Crippen LogP contribution in [0.2, 0.25) is 0 Å². The van der Waals surface area contributed by atoms with Gasteiger partial charge in [-0.2, -0.15) is 0 Å². The lowest BCUT2D eigenvalue weighted by molar-refractivity contribution is -0.161. The van der Waals surface area contributed by atoms with Crippen molar-refractivity contribution in [3.63, 3.8) is 0 Å². The SMILES string of the molecule is CCC(C)CCCCCCCCCCCCCCCCCCCCC(=O)O[C@H](COC(=O)CCCCCCCCC(C)C)COP(=O)(O)OC[C@H](O)COP(=O)(O)OC[C@@H](COC(=O)CCCCCCCCCCCCCCCCC(C)C)OC(=O)CCCCCCCCCCCCCCCCCCCCC(C)C. The van der Waals surface area contributed by atoms with Crippen LogP contribution in [0.15, 0.2) is 0 Å². The Hall–Kier alpha value is -1.94. The molecule has 0 aromatic carbocycles. The van der Waals surface area contributed by atoms with Gasteiger partial charge in [0.05, 0.1) is 26.4 Å². The highest BCUT2D eigenvalue weighted by atomic mass is 31.2. The molecule has 109 heavy (non-hydrogen) atoms. The minimum Gasteiger partial charge on any atom is -0.462 e. The van der Waals surface area contributed by atoms with Gasteiger partial charge in [0.15, 0.2) is 12.2 Å². The van der Waals surface area contributed by atoms with Crippen LogP contribution in [0.1, 0.15) is 473 Å². The molecule has 0 aromatic rings. The molecule has 0 spiro atoms. The molecule has 0 heterocycles. The molecule has 0 aromatic heterocycles. The zero-order chi connectivity index (χ0) is 80.2. The molecule has 3 N–H and O–H groups in total. The molecule has 17 nitrogen and oxygen atoms in total. The zero-order valence-corrected chi connectivity index (χ0v) is 74.0. The summed E-state index contributed by atoms with van der Waals surface area (Å²) >= 11 is 0. The fourth-order valence-electron chi connectivity index (χ4n) is 14.0. The van der Waals surface area contributed by atoms with E-state index in [1.807, 2.05) is 0 Å². The first-order chi connectivity index (χ1) is 52.6. The Morgan fingerprint density at radius 2 is 0.440 bits per heavy atom. The van der Waals surface area contributed by atoms with Gasteiger partial charge < -0.3 is 33.8 Å². The number of hydrogen-bond donors (Lipinski definition) is 3. The van der Waals surface area contributed by atoms with Crippen LogP contribution in [0.4, 0.5) is 0 Å². The summed E-state index contributed by atoms with van der Waals surface area (Å²) < 4.78 is 69.0. The molecule has 0 saturated heterocycles. The number of aliphatic hydroxyl groups is 1. The van der Waals surface area contributed by atoms with Crippen molar-refractivity contribution in [2.75, 3.05) is 39.6 Å². The Balaban J connectivity index is 5.18. The summed E-state index contributed by atoms with van der Waals surface area (Å²) in [5, 5.41) is 10.7. The summed E-state index contributed by atoms with van der Waals surface area (Å²) in [7, 11) is -9.93. The van der Waals surface area contributed by atoms with Crippen molar-refractivity contribution < 1.29 is 80.2 Å². The van der Waals surface area contributed by atoms with Gasteiger partial charge in [0.2, 0.25) is 0 Å². The van der Waals surface area contributed by atoms with Gasteiger partial charge in [-0.05, 0) is 49.4 Å². The van der Waals surface area contributed by atoms with Crippen LogP contribution in [-0.4, -0.2) is 96.7 Å². The van der Waals surface area contributed by atoms with Crippen molar-refractivity contribution in [2.45, 2.75) is 491 Å². The van der Waals surface area contributed by atoms with Crippen molar-refractivity contribution in [1.29, 1.82) is 0 Å². The average Bonchev–Trinajstić information content (AvgIpc) is 0.824. The number of phosphoric ester groups is 2. The van der Waals surface area contributed by atoms with Crippen LogP contribution in [0.5, 0.6) is 0 Å². The van der Waals surface area contributed by atoms with Crippen molar-refractivity contribution in [3.8, 4) is 0 Å². The minimum atomic E-state index is -4.97. The molecule has 0 aliphatic heterocycles. The third kappa shape index (κ3) is 82.4. The monoisotopic (exact) mass is 1590 g/mol. The number of hydrogen-bond acceptors (Lipinski definition) is 15. The molecular formula is C90H176O17P2. The molecule has 0 fully saturated rings. The maximum Gasteiger partial charge on any atom is 0.472 e. The Kier molecular flexibility index (Phi) is 77.2. The van der Waals surface area contributed by atoms with Crippen molar-refractivity contribution in [1.82, 2.24) is 0 Å². The Bertz CT molecular complexity index is 2110. The predicted molar refractivity (Wildman–Crippen MR) is 451 cm³/mol. The number of rotatable bonds is 87. The van der Waals surface area contributed by atoms with E-state index in [1.54, 1.807) is 0 Å². The van der Waals surface area contributed by atoms with E-state index < -0.39 is 97.5 Å². The molecule has 0 radical (unpaired) electrons. The number of carbonyl (C=O) groups excluding carboxylic acids is 4. The summed E-state index contributed by atoms with van der Waals surface area (Å²) in [6.45, 7) is 14.4. The topological polar surface area (TPSA) is 237 Å². The number of aliphatic hydroxyl groups excluding tert-OH is 1. The number of phosphoric acid groups is 2. The van der Waals surface area contributed by atoms with E-state index in [0.717, 1.165) is 114 Å². The van der Waals surface area contributed by atoms with E-state index in [0.29, 0.717) is 31.6 Å². The number of esters is 4. The van der Waals surface area contributed by atoms with Crippen LogP contribution in [0, 0.1) is 23.7 Å². The van der Waals surface area contributed by atoms with Gasteiger partial charge in [-0.1, -0.05) is 421 Å². The fourth-order valence-corrected chi connectivity index (χ4v) is 15.6. The van der Waals surface area contributed by atoms with Crippen LogP contribution in [0.3, 0.4) is 0 Å². The standard InChI is InChI=1S/C90H176O17P2/c1-9-83(8)69-61-53-44-38-32-26-19-15-11-13-17-21-29-35-41-47-57-65-73-90(95)107-86(77-101-88(93)71-63-55-49-48-52-60-68-82(6)7)79-105-109(98,99)103-75-84(91)74-102-108(96,97)104-78-85(76-100-87(92)70-62-54-45-39-33-27-23-22-25-31-37-43-51-59-67-81(4)5)106-89(94)72-64-56-46-40-34-28-20-16-12-10-14-18-24-30-36-42-50-58-66-80(2)3/h80-86,91H,9-79H2,1-8H3,(H,96,97)(H,98,99)/t83?,84-,85-,86-/m1/s1. The number of carbonyl (C=O) groups is 4. The average molecular weight is 1590 g/mol. The molecule has 0 aliphatic rings. The van der Waals surface area contributed by atoms with Gasteiger partial charge in [-0.15, -0.1) is 0 Å². The lowest BCUT2D eigenvalue weighted by Gasteiger charge is -2.21. The highest BCUT2D eigenvalue weighted by Crippen LogP contribution is 2.45. The fraction of sp³-hybridized carbons (Fsp3) is 0.956. The quantitative estimate of drug-likeness (QED) is 0.0222. The molecule has 3 unspecified atom stereocenters.